The summed E-state index contributed by atoms with van der Waals surface area (Å²) in [4.78, 5) is 27.8. The van der Waals surface area contributed by atoms with Gasteiger partial charge in [-0.15, -0.1) is 0 Å². The van der Waals surface area contributed by atoms with E-state index in [4.69, 9.17) is 0 Å². The Morgan fingerprint density at radius 1 is 0.971 bits per heavy atom. The molecule has 190 valence electrons. The van der Waals surface area contributed by atoms with E-state index in [0.29, 0.717) is 17.8 Å². The van der Waals surface area contributed by atoms with Gasteiger partial charge in [0, 0.05) is 17.4 Å². The van der Waals surface area contributed by atoms with Crippen molar-refractivity contribution in [1.82, 2.24) is 5.32 Å². The van der Waals surface area contributed by atoms with Crippen molar-refractivity contribution in [1.29, 1.82) is 0 Å². The maximum absolute atomic E-state index is 13.4. The van der Waals surface area contributed by atoms with Crippen molar-refractivity contribution < 1.29 is 35.9 Å². The number of aryl methyl sites for hydroxylation is 2. The number of carbonyl (C=O) groups excluding carboxylic acids is 2. The number of hydrogen-bond acceptors (Lipinski definition) is 3. The minimum atomic E-state index is -5.06. The van der Waals surface area contributed by atoms with E-state index in [1.807, 2.05) is 6.07 Å². The number of alkyl halides is 6. The van der Waals surface area contributed by atoms with Gasteiger partial charge in [-0.25, -0.2) is 0 Å². The van der Waals surface area contributed by atoms with Crippen molar-refractivity contribution in [3.63, 3.8) is 0 Å². The summed E-state index contributed by atoms with van der Waals surface area (Å²) < 4.78 is 79.5. The Morgan fingerprint density at radius 2 is 1.49 bits per heavy atom. The molecule has 35 heavy (non-hydrogen) atoms. The van der Waals surface area contributed by atoms with E-state index in [2.05, 4.69) is 10.6 Å². The van der Waals surface area contributed by atoms with Crippen LogP contribution < -0.4 is 15.5 Å². The third-order valence-electron chi connectivity index (χ3n) is 5.74. The lowest BCUT2D eigenvalue weighted by atomic mass is 9.95. The lowest BCUT2D eigenvalue weighted by Gasteiger charge is -2.31. The molecule has 0 radical (unpaired) electrons. The van der Waals surface area contributed by atoms with Gasteiger partial charge in [0.1, 0.15) is 5.54 Å². The number of amides is 2. The monoisotopic (exact) mass is 501 g/mol. The summed E-state index contributed by atoms with van der Waals surface area (Å²) in [5.74, 6) is -1.30. The zero-order chi connectivity index (χ0) is 26.3. The number of nitrogens with zero attached hydrogens (tertiary/aromatic N) is 1. The fraction of sp³-hybridized carbons (Fsp3) is 0.417. The number of hydrogen-bond donors (Lipinski definition) is 2. The van der Waals surface area contributed by atoms with Crippen LogP contribution in [0.1, 0.15) is 42.5 Å². The van der Waals surface area contributed by atoms with Crippen molar-refractivity contribution in [3.05, 3.63) is 58.7 Å². The molecule has 11 heteroatoms. The van der Waals surface area contributed by atoms with Crippen LogP contribution in [0, 0.1) is 13.8 Å². The van der Waals surface area contributed by atoms with Gasteiger partial charge in [0.2, 0.25) is 11.8 Å². The lowest BCUT2D eigenvalue weighted by molar-refractivity contribution is -0.143. The van der Waals surface area contributed by atoms with Crippen molar-refractivity contribution >= 4 is 23.2 Å². The molecule has 2 aromatic rings. The zero-order valence-electron chi connectivity index (χ0n) is 19.5. The van der Waals surface area contributed by atoms with Gasteiger partial charge in [0.15, 0.2) is 0 Å². The van der Waals surface area contributed by atoms with E-state index in [9.17, 15) is 35.9 Å². The van der Waals surface area contributed by atoms with Crippen LogP contribution in [0.3, 0.4) is 0 Å². The molecule has 0 aliphatic carbocycles. The van der Waals surface area contributed by atoms with Crippen LogP contribution in [0.15, 0.2) is 36.4 Å². The molecule has 2 N–H and O–H groups in total. The van der Waals surface area contributed by atoms with Crippen LogP contribution in [0.25, 0.3) is 0 Å². The normalized spacial score (nSPS) is 18.9. The van der Waals surface area contributed by atoms with Gasteiger partial charge in [-0.1, -0.05) is 18.2 Å². The van der Waals surface area contributed by atoms with Gasteiger partial charge < -0.3 is 10.2 Å². The van der Waals surface area contributed by atoms with Crippen molar-refractivity contribution in [3.8, 4) is 0 Å². The zero-order valence-corrected chi connectivity index (χ0v) is 19.5. The highest BCUT2D eigenvalue weighted by Gasteiger charge is 2.50. The molecule has 2 aromatic carbocycles. The Bertz CT molecular complexity index is 1090. The fourth-order valence-electron chi connectivity index (χ4n) is 4.35. The van der Waals surface area contributed by atoms with Crippen LogP contribution in [0.2, 0.25) is 0 Å². The number of anilines is 2. The first-order chi connectivity index (χ1) is 16.0. The fourth-order valence-corrected chi connectivity index (χ4v) is 4.35. The number of rotatable bonds is 5. The van der Waals surface area contributed by atoms with Gasteiger partial charge in [-0.05, 0) is 57.0 Å². The largest absolute Gasteiger partial charge is 0.416 e. The van der Waals surface area contributed by atoms with Gasteiger partial charge in [-0.3, -0.25) is 14.9 Å². The summed E-state index contributed by atoms with van der Waals surface area (Å²) in [6.45, 7) is 6.88. The van der Waals surface area contributed by atoms with E-state index in [1.165, 1.54) is 4.90 Å². The van der Waals surface area contributed by atoms with Gasteiger partial charge in [-0.2, -0.15) is 26.3 Å². The number of carbonyl (C=O) groups is 2. The smallest absolute Gasteiger partial charge is 0.324 e. The second kappa shape index (κ2) is 9.18. The van der Waals surface area contributed by atoms with Crippen LogP contribution in [-0.2, 0) is 21.9 Å². The number of para-hydroxylation sites is 1. The van der Waals surface area contributed by atoms with E-state index in [0.717, 1.165) is 11.1 Å². The van der Waals surface area contributed by atoms with E-state index in [-0.39, 0.29) is 25.1 Å². The van der Waals surface area contributed by atoms with Crippen molar-refractivity contribution in [2.45, 2.75) is 58.0 Å². The Kier molecular flexibility index (Phi) is 6.95. The SMILES string of the molecule is Cc1cccc(C)c1N1CC(NC(C)C)(C(=O)Nc2cc(C(F)(F)F)cc(C(F)(F)F)c2)CC1=O. The predicted octanol–water partition coefficient (Wildman–Crippen LogP) is 5.45. The minimum Gasteiger partial charge on any atom is -0.324 e. The third kappa shape index (κ3) is 5.61. The molecule has 0 bridgehead atoms. The van der Waals surface area contributed by atoms with Crippen LogP contribution in [0.5, 0.6) is 0 Å². The van der Waals surface area contributed by atoms with E-state index >= 15 is 0 Å². The van der Waals surface area contributed by atoms with Crippen LogP contribution in [-0.4, -0.2) is 29.9 Å². The molecule has 1 fully saturated rings. The maximum atomic E-state index is 13.4. The standard InChI is InChI=1S/C24H25F6N3O2/c1-13(2)32-22(11-19(34)33(12-22)20-14(3)6-5-7-15(20)4)21(35)31-18-9-16(23(25,26)27)8-17(10-18)24(28,29)30/h5-10,13,32H,11-12H2,1-4H3,(H,31,35). The molecule has 1 atom stereocenters. The molecule has 3 rings (SSSR count). The Balaban J connectivity index is 2.01. The quantitative estimate of drug-likeness (QED) is 0.536. The topological polar surface area (TPSA) is 61.4 Å². The maximum Gasteiger partial charge on any atom is 0.416 e. The molecular weight excluding hydrogens is 476 g/mol. The highest BCUT2D eigenvalue weighted by Crippen LogP contribution is 2.38. The second-order valence-corrected chi connectivity index (χ2v) is 9.03. The summed E-state index contributed by atoms with van der Waals surface area (Å²) in [5, 5.41) is 5.21. The molecule has 0 spiro atoms. The van der Waals surface area contributed by atoms with E-state index < -0.39 is 46.5 Å². The van der Waals surface area contributed by atoms with Crippen molar-refractivity contribution in [2.24, 2.45) is 0 Å². The van der Waals surface area contributed by atoms with Crippen LogP contribution in [0.4, 0.5) is 37.7 Å². The number of nitrogens with one attached hydrogen (secondary N) is 2. The summed E-state index contributed by atoms with van der Waals surface area (Å²) in [6, 6.07) is 5.96. The Hall–Kier alpha value is -3.08. The Morgan fingerprint density at radius 3 is 1.94 bits per heavy atom. The summed E-state index contributed by atoms with van der Waals surface area (Å²) in [7, 11) is 0. The van der Waals surface area contributed by atoms with Gasteiger partial charge in [0.25, 0.3) is 0 Å². The van der Waals surface area contributed by atoms with E-state index in [1.54, 1.807) is 39.8 Å². The lowest BCUT2D eigenvalue weighted by Crippen LogP contribution is -2.58. The number of benzene rings is 2. The minimum absolute atomic E-state index is 0.0143. The molecule has 1 aliphatic rings. The molecule has 5 nitrogen and oxygen atoms in total. The first-order valence-electron chi connectivity index (χ1n) is 10.8. The Labute approximate surface area is 198 Å². The van der Waals surface area contributed by atoms with Gasteiger partial charge in [0.05, 0.1) is 24.1 Å². The third-order valence-corrected chi connectivity index (χ3v) is 5.74. The summed E-state index contributed by atoms with van der Waals surface area (Å²) >= 11 is 0. The average Bonchev–Trinajstić information content (AvgIpc) is 3.02. The number of halogens is 6. The molecule has 1 heterocycles. The molecular formula is C24H25F6N3O2. The highest BCUT2D eigenvalue weighted by molar-refractivity contribution is 6.09. The highest BCUT2D eigenvalue weighted by atomic mass is 19.4. The predicted molar refractivity (Wildman–Crippen MR) is 119 cm³/mol. The summed E-state index contributed by atoms with van der Waals surface area (Å²) in [6.07, 6.45) is -10.4. The average molecular weight is 501 g/mol. The molecule has 2 amide bonds. The molecule has 0 aromatic heterocycles. The molecule has 0 saturated carbocycles. The first kappa shape index (κ1) is 26.5. The van der Waals surface area contributed by atoms with Gasteiger partial charge >= 0.3 is 12.4 Å². The summed E-state index contributed by atoms with van der Waals surface area (Å²) in [5.41, 5.74) is -3.16. The first-order valence-corrected chi connectivity index (χ1v) is 10.8. The van der Waals surface area contributed by atoms with Crippen molar-refractivity contribution in [2.75, 3.05) is 16.8 Å². The second-order valence-electron chi connectivity index (χ2n) is 9.03. The molecule has 1 aliphatic heterocycles. The van der Waals surface area contributed by atoms with Crippen LogP contribution >= 0.6 is 0 Å². The molecule has 1 unspecified atom stereocenters. The molecule has 1 saturated heterocycles.